The van der Waals surface area contributed by atoms with E-state index in [9.17, 15) is 0 Å². The molecule has 1 spiro atoms. The third-order valence-electron chi connectivity index (χ3n) is 6.87. The molecule has 2 saturated heterocycles. The second kappa shape index (κ2) is 8.15. The molecular formula is C21H32N2O2. The Morgan fingerprint density at radius 3 is 2.80 bits per heavy atom. The highest BCUT2D eigenvalue weighted by molar-refractivity contribution is 5.06. The lowest BCUT2D eigenvalue weighted by Gasteiger charge is -2.50. The number of nitrogens with zero attached hydrogens (tertiary/aromatic N) is 2. The highest BCUT2D eigenvalue weighted by Gasteiger charge is 2.44. The van der Waals surface area contributed by atoms with Gasteiger partial charge in [0.2, 0.25) is 0 Å². The second-order valence-corrected chi connectivity index (χ2v) is 8.23. The maximum Gasteiger partial charge on any atom is 0.0731 e. The van der Waals surface area contributed by atoms with Gasteiger partial charge in [0.15, 0.2) is 0 Å². The highest BCUT2D eigenvalue weighted by Crippen LogP contribution is 2.45. The minimum Gasteiger partial charge on any atom is -0.381 e. The lowest BCUT2D eigenvalue weighted by Crippen LogP contribution is -2.51. The zero-order valence-corrected chi connectivity index (χ0v) is 15.4. The number of rotatable bonds is 5. The molecule has 4 nitrogen and oxygen atoms in total. The van der Waals surface area contributed by atoms with E-state index in [2.05, 4.69) is 16.0 Å². The van der Waals surface area contributed by atoms with Crippen molar-refractivity contribution in [2.45, 2.75) is 57.6 Å². The zero-order chi connectivity index (χ0) is 17.0. The SMILES string of the molecule is c1cncc(COCC2COCCC23CCN(C2CCCC2)CC3)c1. The van der Waals surface area contributed by atoms with Crippen molar-refractivity contribution in [3.63, 3.8) is 0 Å². The molecule has 3 aliphatic rings. The standard InChI is InChI=1S/C21H32N2O2/c1-2-6-20(5-1)23-11-7-21(8-12-23)9-13-24-16-19(21)17-25-15-18-4-3-10-22-14-18/h3-4,10,14,19-20H,1-2,5-9,11-13,15-17H2. The van der Waals surface area contributed by atoms with Crippen molar-refractivity contribution in [2.75, 3.05) is 32.9 Å². The van der Waals surface area contributed by atoms with Crippen molar-refractivity contribution in [2.24, 2.45) is 11.3 Å². The van der Waals surface area contributed by atoms with E-state index < -0.39 is 0 Å². The van der Waals surface area contributed by atoms with Gasteiger partial charge in [0, 0.05) is 31.0 Å². The van der Waals surface area contributed by atoms with Crippen LogP contribution in [0.5, 0.6) is 0 Å². The van der Waals surface area contributed by atoms with Gasteiger partial charge in [-0.25, -0.2) is 0 Å². The summed E-state index contributed by atoms with van der Waals surface area (Å²) in [6.07, 6.45) is 13.3. The molecule has 1 aromatic heterocycles. The molecular weight excluding hydrogens is 312 g/mol. The number of hydrogen-bond donors (Lipinski definition) is 0. The van der Waals surface area contributed by atoms with Crippen LogP contribution >= 0.6 is 0 Å². The number of hydrogen-bond acceptors (Lipinski definition) is 4. The molecule has 1 aromatic rings. The summed E-state index contributed by atoms with van der Waals surface area (Å²) >= 11 is 0. The van der Waals surface area contributed by atoms with Crippen LogP contribution in [-0.4, -0.2) is 48.8 Å². The Morgan fingerprint density at radius 1 is 1.20 bits per heavy atom. The van der Waals surface area contributed by atoms with Crippen molar-refractivity contribution in [1.29, 1.82) is 0 Å². The predicted octanol–water partition coefficient (Wildman–Crippen LogP) is 3.66. The first-order chi connectivity index (χ1) is 12.4. The van der Waals surface area contributed by atoms with E-state index in [1.807, 2.05) is 18.5 Å². The van der Waals surface area contributed by atoms with E-state index >= 15 is 0 Å². The molecule has 138 valence electrons. The highest BCUT2D eigenvalue weighted by atomic mass is 16.5. The molecule has 0 N–H and O–H groups in total. The van der Waals surface area contributed by atoms with Crippen molar-refractivity contribution in [1.82, 2.24) is 9.88 Å². The normalized spacial score (nSPS) is 27.8. The number of likely N-dealkylation sites (tertiary alicyclic amines) is 1. The summed E-state index contributed by atoms with van der Waals surface area (Å²) in [7, 11) is 0. The van der Waals surface area contributed by atoms with E-state index in [1.54, 1.807) is 0 Å². The lowest BCUT2D eigenvalue weighted by atomic mass is 9.66. The molecule has 4 rings (SSSR count). The van der Waals surface area contributed by atoms with Gasteiger partial charge in [0.05, 0.1) is 19.8 Å². The third kappa shape index (κ3) is 4.07. The van der Waals surface area contributed by atoms with Crippen LogP contribution in [0, 0.1) is 11.3 Å². The van der Waals surface area contributed by atoms with Crippen molar-refractivity contribution in [3.8, 4) is 0 Å². The Balaban J connectivity index is 1.31. The Kier molecular flexibility index (Phi) is 5.69. The zero-order valence-electron chi connectivity index (χ0n) is 15.4. The summed E-state index contributed by atoms with van der Waals surface area (Å²) in [4.78, 5) is 6.95. The Hall–Kier alpha value is -0.970. The molecule has 0 aromatic carbocycles. The maximum atomic E-state index is 6.08. The molecule has 1 aliphatic carbocycles. The average Bonchev–Trinajstić information content (AvgIpc) is 3.20. The van der Waals surface area contributed by atoms with Gasteiger partial charge in [-0.05, 0) is 62.2 Å². The smallest absolute Gasteiger partial charge is 0.0731 e. The van der Waals surface area contributed by atoms with Gasteiger partial charge in [0.25, 0.3) is 0 Å². The van der Waals surface area contributed by atoms with Crippen LogP contribution in [0.4, 0.5) is 0 Å². The third-order valence-corrected chi connectivity index (χ3v) is 6.87. The minimum absolute atomic E-state index is 0.447. The fraction of sp³-hybridized carbons (Fsp3) is 0.762. The number of ether oxygens (including phenoxy) is 2. The van der Waals surface area contributed by atoms with Crippen LogP contribution in [0.15, 0.2) is 24.5 Å². The van der Waals surface area contributed by atoms with Crippen LogP contribution < -0.4 is 0 Å². The molecule has 1 unspecified atom stereocenters. The average molecular weight is 344 g/mol. The Labute approximate surface area is 151 Å². The predicted molar refractivity (Wildman–Crippen MR) is 98.3 cm³/mol. The summed E-state index contributed by atoms with van der Waals surface area (Å²) in [5.74, 6) is 0.545. The van der Waals surface area contributed by atoms with Gasteiger partial charge in [-0.2, -0.15) is 0 Å². The molecule has 25 heavy (non-hydrogen) atoms. The molecule has 3 fully saturated rings. The van der Waals surface area contributed by atoms with Gasteiger partial charge >= 0.3 is 0 Å². The first-order valence-corrected chi connectivity index (χ1v) is 10.1. The topological polar surface area (TPSA) is 34.6 Å². The molecule has 2 aliphatic heterocycles. The first kappa shape index (κ1) is 17.4. The molecule has 1 atom stereocenters. The summed E-state index contributed by atoms with van der Waals surface area (Å²) in [6, 6.07) is 4.93. The fourth-order valence-corrected chi connectivity index (χ4v) is 5.17. The summed E-state index contributed by atoms with van der Waals surface area (Å²) in [5, 5.41) is 0. The summed E-state index contributed by atoms with van der Waals surface area (Å²) < 4.78 is 11.9. The van der Waals surface area contributed by atoms with Gasteiger partial charge in [-0.15, -0.1) is 0 Å². The summed E-state index contributed by atoms with van der Waals surface area (Å²) in [5.41, 5.74) is 1.60. The quantitative estimate of drug-likeness (QED) is 0.816. The molecule has 0 amide bonds. The number of piperidine rings is 1. The monoisotopic (exact) mass is 344 g/mol. The van der Waals surface area contributed by atoms with E-state index in [1.165, 1.54) is 58.0 Å². The Morgan fingerprint density at radius 2 is 2.04 bits per heavy atom. The minimum atomic E-state index is 0.447. The van der Waals surface area contributed by atoms with Crippen LogP contribution in [0.1, 0.15) is 50.5 Å². The lowest BCUT2D eigenvalue weighted by molar-refractivity contribution is -0.105. The molecule has 0 bridgehead atoms. The van der Waals surface area contributed by atoms with Gasteiger partial charge < -0.3 is 14.4 Å². The van der Waals surface area contributed by atoms with Crippen molar-refractivity contribution >= 4 is 0 Å². The van der Waals surface area contributed by atoms with Crippen molar-refractivity contribution in [3.05, 3.63) is 30.1 Å². The molecule has 1 saturated carbocycles. The van der Waals surface area contributed by atoms with E-state index in [0.29, 0.717) is 17.9 Å². The van der Waals surface area contributed by atoms with Gasteiger partial charge in [-0.3, -0.25) is 4.98 Å². The van der Waals surface area contributed by atoms with Gasteiger partial charge in [-0.1, -0.05) is 18.9 Å². The molecule has 0 radical (unpaired) electrons. The number of aromatic nitrogens is 1. The van der Waals surface area contributed by atoms with E-state index in [-0.39, 0.29) is 0 Å². The Bertz CT molecular complexity index is 522. The largest absolute Gasteiger partial charge is 0.381 e. The summed E-state index contributed by atoms with van der Waals surface area (Å²) in [6.45, 7) is 5.85. The van der Waals surface area contributed by atoms with Crippen LogP contribution in [0.3, 0.4) is 0 Å². The van der Waals surface area contributed by atoms with Crippen LogP contribution in [0.2, 0.25) is 0 Å². The van der Waals surface area contributed by atoms with E-state index in [0.717, 1.165) is 31.4 Å². The number of pyridine rings is 1. The van der Waals surface area contributed by atoms with Crippen LogP contribution in [-0.2, 0) is 16.1 Å². The van der Waals surface area contributed by atoms with Gasteiger partial charge in [0.1, 0.15) is 0 Å². The second-order valence-electron chi connectivity index (χ2n) is 8.23. The first-order valence-electron chi connectivity index (χ1n) is 10.1. The molecule has 4 heteroatoms. The maximum absolute atomic E-state index is 6.08. The van der Waals surface area contributed by atoms with Crippen LogP contribution in [0.25, 0.3) is 0 Å². The van der Waals surface area contributed by atoms with E-state index in [4.69, 9.17) is 9.47 Å². The molecule has 3 heterocycles. The fourth-order valence-electron chi connectivity index (χ4n) is 5.17. The van der Waals surface area contributed by atoms with Crippen molar-refractivity contribution < 1.29 is 9.47 Å².